The molecule has 2 aromatic rings. The topological polar surface area (TPSA) is 66.8 Å². The first kappa shape index (κ1) is 19.2. The molecule has 0 atom stereocenters. The van der Waals surface area contributed by atoms with Gasteiger partial charge in [-0.2, -0.15) is 13.2 Å². The van der Waals surface area contributed by atoms with Gasteiger partial charge in [0.05, 0.1) is 6.54 Å². The van der Waals surface area contributed by atoms with Crippen LogP contribution in [0.4, 0.5) is 29.2 Å². The molecule has 0 aromatic carbocycles. The molecule has 0 bridgehead atoms. The molecular formula is C17H20F4N6. The number of piperidine rings is 1. The van der Waals surface area contributed by atoms with Crippen LogP contribution in [0, 0.1) is 13.8 Å². The van der Waals surface area contributed by atoms with Crippen LogP contribution in [-0.2, 0) is 6.18 Å². The Morgan fingerprint density at radius 1 is 1.11 bits per heavy atom. The molecule has 6 nitrogen and oxygen atoms in total. The van der Waals surface area contributed by atoms with Crippen LogP contribution in [0.3, 0.4) is 0 Å². The van der Waals surface area contributed by atoms with E-state index in [1.54, 1.807) is 17.9 Å². The first-order valence-corrected chi connectivity index (χ1v) is 8.54. The fraction of sp³-hybridized carbons (Fsp3) is 0.529. The van der Waals surface area contributed by atoms with Gasteiger partial charge in [-0.1, -0.05) is 0 Å². The van der Waals surface area contributed by atoms with Crippen LogP contribution in [-0.4, -0.2) is 45.2 Å². The van der Waals surface area contributed by atoms with Crippen LogP contribution in [0.15, 0.2) is 18.5 Å². The lowest BCUT2D eigenvalue weighted by atomic mass is 9.93. The first-order valence-electron chi connectivity index (χ1n) is 8.54. The third-order valence-electron chi connectivity index (χ3n) is 4.48. The molecule has 0 unspecified atom stereocenters. The Balaban J connectivity index is 1.61. The third kappa shape index (κ3) is 4.81. The molecule has 1 N–H and O–H groups in total. The van der Waals surface area contributed by atoms with Crippen LogP contribution >= 0.6 is 0 Å². The number of aryl methyl sites for hydroxylation is 2. The van der Waals surface area contributed by atoms with Crippen molar-refractivity contribution in [1.82, 2.24) is 19.9 Å². The second kappa shape index (κ2) is 7.24. The Morgan fingerprint density at radius 3 is 2.44 bits per heavy atom. The molecule has 146 valence electrons. The minimum Gasteiger partial charge on any atom is -0.367 e. The van der Waals surface area contributed by atoms with Crippen molar-refractivity contribution in [2.45, 2.75) is 38.5 Å². The van der Waals surface area contributed by atoms with Crippen molar-refractivity contribution in [1.29, 1.82) is 0 Å². The second-order valence-electron chi connectivity index (χ2n) is 6.69. The highest BCUT2D eigenvalue weighted by molar-refractivity contribution is 5.41. The Morgan fingerprint density at radius 2 is 1.81 bits per heavy atom. The minimum absolute atomic E-state index is 0.0777. The summed E-state index contributed by atoms with van der Waals surface area (Å²) < 4.78 is 53.4. The first-order chi connectivity index (χ1) is 12.6. The van der Waals surface area contributed by atoms with Gasteiger partial charge in [0.2, 0.25) is 0 Å². The van der Waals surface area contributed by atoms with Crippen LogP contribution < -0.4 is 10.2 Å². The van der Waals surface area contributed by atoms with Crippen LogP contribution in [0.1, 0.15) is 30.1 Å². The number of nitrogens with one attached hydrogen (secondary N) is 1. The maximum absolute atomic E-state index is 15.1. The molecule has 27 heavy (non-hydrogen) atoms. The molecule has 3 rings (SSSR count). The summed E-state index contributed by atoms with van der Waals surface area (Å²) in [6.45, 7) is 4.22. The molecule has 0 amide bonds. The van der Waals surface area contributed by atoms with Gasteiger partial charge in [-0.15, -0.1) is 0 Å². The lowest BCUT2D eigenvalue weighted by molar-refractivity contribution is -0.141. The van der Waals surface area contributed by atoms with E-state index in [4.69, 9.17) is 0 Å². The molecule has 1 aliphatic rings. The molecule has 0 spiro atoms. The normalized spacial score (nSPS) is 17.0. The van der Waals surface area contributed by atoms with E-state index in [9.17, 15) is 13.2 Å². The molecule has 1 fully saturated rings. The summed E-state index contributed by atoms with van der Waals surface area (Å²) in [6, 6.07) is 2.64. The smallest absolute Gasteiger partial charge is 0.367 e. The van der Waals surface area contributed by atoms with Gasteiger partial charge in [0, 0.05) is 43.8 Å². The molecule has 0 saturated carbocycles. The van der Waals surface area contributed by atoms with Gasteiger partial charge in [0.25, 0.3) is 0 Å². The Bertz CT molecular complexity index is 782. The maximum atomic E-state index is 15.1. The molecule has 10 heteroatoms. The minimum atomic E-state index is -4.53. The quantitative estimate of drug-likeness (QED) is 0.816. The zero-order chi connectivity index (χ0) is 19.7. The predicted molar refractivity (Wildman–Crippen MR) is 92.3 cm³/mol. The monoisotopic (exact) mass is 384 g/mol. The van der Waals surface area contributed by atoms with Crippen molar-refractivity contribution in [3.05, 3.63) is 35.7 Å². The summed E-state index contributed by atoms with van der Waals surface area (Å²) in [5.74, 6) is 1.32. The van der Waals surface area contributed by atoms with Crippen molar-refractivity contribution in [3.8, 4) is 0 Å². The molecule has 1 saturated heterocycles. The highest BCUT2D eigenvalue weighted by Gasteiger charge is 2.37. The van der Waals surface area contributed by atoms with Crippen molar-refractivity contribution in [3.63, 3.8) is 0 Å². The SMILES string of the molecule is Cc1cc(NCC2(F)CCN(c3cc(C(F)(F)F)ncn3)CC2)nc(C)n1. The van der Waals surface area contributed by atoms with Gasteiger partial charge in [-0.3, -0.25) is 0 Å². The fourth-order valence-electron chi connectivity index (χ4n) is 3.04. The van der Waals surface area contributed by atoms with Gasteiger partial charge in [-0.25, -0.2) is 24.3 Å². The molecule has 2 aromatic heterocycles. The molecule has 0 aliphatic carbocycles. The fourth-order valence-corrected chi connectivity index (χ4v) is 3.04. The van der Waals surface area contributed by atoms with E-state index < -0.39 is 17.5 Å². The lowest BCUT2D eigenvalue weighted by Gasteiger charge is -2.37. The molecule has 1 aliphatic heterocycles. The summed E-state index contributed by atoms with van der Waals surface area (Å²) in [7, 11) is 0. The lowest BCUT2D eigenvalue weighted by Crippen LogP contribution is -2.46. The van der Waals surface area contributed by atoms with Gasteiger partial charge >= 0.3 is 6.18 Å². The van der Waals surface area contributed by atoms with Crippen molar-refractivity contribution >= 4 is 11.6 Å². The number of rotatable bonds is 4. The van der Waals surface area contributed by atoms with E-state index in [0.717, 1.165) is 18.1 Å². The van der Waals surface area contributed by atoms with Crippen molar-refractivity contribution in [2.75, 3.05) is 29.9 Å². The molecule has 3 heterocycles. The summed E-state index contributed by atoms with van der Waals surface area (Å²) in [6.07, 6.45) is -3.30. The number of anilines is 2. The van der Waals surface area contributed by atoms with Crippen LogP contribution in [0.2, 0.25) is 0 Å². The van der Waals surface area contributed by atoms with Crippen LogP contribution in [0.5, 0.6) is 0 Å². The number of alkyl halides is 4. The van der Waals surface area contributed by atoms with E-state index in [1.807, 2.05) is 6.92 Å². The van der Waals surface area contributed by atoms with Crippen molar-refractivity contribution in [2.24, 2.45) is 0 Å². The summed E-state index contributed by atoms with van der Waals surface area (Å²) in [5.41, 5.74) is -1.68. The van der Waals surface area contributed by atoms with E-state index in [1.165, 1.54) is 0 Å². The van der Waals surface area contributed by atoms with E-state index in [2.05, 4.69) is 25.3 Å². The van der Waals surface area contributed by atoms with E-state index >= 15 is 4.39 Å². The standard InChI is InChI=1S/C17H20F4N6/c1-11-7-14(26-12(2)25-11)22-9-16(18)3-5-27(6-4-16)15-8-13(17(19,20)21)23-10-24-15/h7-8,10H,3-6,9H2,1-2H3,(H,22,25,26). The Hall–Kier alpha value is -2.52. The Labute approximate surface area is 154 Å². The Kier molecular flexibility index (Phi) is 5.16. The van der Waals surface area contributed by atoms with Crippen LogP contribution in [0.25, 0.3) is 0 Å². The molecule has 0 radical (unpaired) electrons. The molecular weight excluding hydrogens is 364 g/mol. The highest BCUT2D eigenvalue weighted by atomic mass is 19.4. The van der Waals surface area contributed by atoms with Gasteiger partial charge in [0.15, 0.2) is 0 Å². The van der Waals surface area contributed by atoms with E-state index in [-0.39, 0.29) is 38.3 Å². The summed E-state index contributed by atoms with van der Waals surface area (Å²) in [4.78, 5) is 17.2. The van der Waals surface area contributed by atoms with E-state index in [0.29, 0.717) is 11.6 Å². The van der Waals surface area contributed by atoms with Gasteiger partial charge in [-0.05, 0) is 13.8 Å². The zero-order valence-electron chi connectivity index (χ0n) is 15.0. The largest absolute Gasteiger partial charge is 0.433 e. The van der Waals surface area contributed by atoms with Gasteiger partial charge in [0.1, 0.15) is 35.2 Å². The third-order valence-corrected chi connectivity index (χ3v) is 4.48. The number of nitrogens with zero attached hydrogens (tertiary/aromatic N) is 5. The summed E-state index contributed by atoms with van der Waals surface area (Å²) >= 11 is 0. The number of hydrogen-bond donors (Lipinski definition) is 1. The second-order valence-corrected chi connectivity index (χ2v) is 6.69. The number of aromatic nitrogens is 4. The average molecular weight is 384 g/mol. The van der Waals surface area contributed by atoms with Gasteiger partial charge < -0.3 is 10.2 Å². The number of hydrogen-bond acceptors (Lipinski definition) is 6. The number of halogens is 4. The predicted octanol–water partition coefficient (Wildman–Crippen LogP) is 3.32. The maximum Gasteiger partial charge on any atom is 0.433 e. The highest BCUT2D eigenvalue weighted by Crippen LogP contribution is 2.32. The summed E-state index contributed by atoms with van der Waals surface area (Å²) in [5, 5.41) is 3.00. The van der Waals surface area contributed by atoms with Crippen molar-refractivity contribution < 1.29 is 17.6 Å². The zero-order valence-corrected chi connectivity index (χ0v) is 15.0. The average Bonchev–Trinajstić information content (AvgIpc) is 2.59.